The van der Waals surface area contributed by atoms with Crippen molar-refractivity contribution >= 4 is 11.6 Å². The van der Waals surface area contributed by atoms with Crippen molar-refractivity contribution in [3.63, 3.8) is 0 Å². The van der Waals surface area contributed by atoms with Gasteiger partial charge in [-0.1, -0.05) is 17.5 Å². The highest BCUT2D eigenvalue weighted by atomic mass is 35.5. The second-order valence-corrected chi connectivity index (χ2v) is 2.31. The summed E-state index contributed by atoms with van der Waals surface area (Å²) in [5, 5.41) is 8.81. The van der Waals surface area contributed by atoms with E-state index in [0.29, 0.717) is 5.02 Å². The molecule has 1 nitrogen and oxygen atoms in total. The molecule has 1 rings (SSSR count). The number of benzene rings is 1. The smallest absolute Gasteiger partial charge is 0.152 e. The maximum atomic E-state index is 8.13. The minimum absolute atomic E-state index is 0.674. The molecule has 0 atom stereocenters. The van der Waals surface area contributed by atoms with Gasteiger partial charge < -0.3 is 0 Å². The average molecular weight is 162 g/mol. The Kier molecular flexibility index (Phi) is 2.55. The molecule has 0 aromatic heterocycles. The fourth-order valence-corrected chi connectivity index (χ4v) is 0.759. The molecule has 1 aromatic carbocycles. The number of halogens is 1. The van der Waals surface area contributed by atoms with Crippen LogP contribution in [0.5, 0.6) is 0 Å². The highest BCUT2D eigenvalue weighted by Crippen LogP contribution is 2.07. The van der Waals surface area contributed by atoms with E-state index in [1.807, 2.05) is 0 Å². The van der Waals surface area contributed by atoms with E-state index in [9.17, 15) is 0 Å². The predicted octanol–water partition coefficient (Wildman–Crippen LogP) is 2.22. The molecule has 0 aliphatic heterocycles. The van der Waals surface area contributed by atoms with Crippen LogP contribution < -0.4 is 0 Å². The summed E-state index contributed by atoms with van der Waals surface area (Å²) in [4.78, 5) is 0. The van der Waals surface area contributed by atoms with Crippen molar-refractivity contribution in [3.05, 3.63) is 34.9 Å². The number of hydrogen-bond donors (Lipinski definition) is 0. The van der Waals surface area contributed by atoms with E-state index >= 15 is 0 Å². The van der Waals surface area contributed by atoms with Crippen LogP contribution in [-0.4, -0.2) is 0 Å². The van der Waals surface area contributed by atoms with Crippen LogP contribution in [0.1, 0.15) is 5.56 Å². The lowest BCUT2D eigenvalue weighted by Gasteiger charge is -1.88. The SMILES string of the molecule is N#CC#Cc1ccc(Cl)cc1. The first-order valence-electron chi connectivity index (χ1n) is 2.98. The Morgan fingerprint density at radius 1 is 1.18 bits per heavy atom. The second-order valence-electron chi connectivity index (χ2n) is 1.87. The standard InChI is InChI=1S/C9H4ClN/c10-9-5-3-8(4-6-9)2-1-7-11/h3-6H. The van der Waals surface area contributed by atoms with Gasteiger partial charge in [0.1, 0.15) is 0 Å². The van der Waals surface area contributed by atoms with Crippen LogP contribution in [0, 0.1) is 23.2 Å². The van der Waals surface area contributed by atoms with Crippen molar-refractivity contribution in [3.8, 4) is 17.9 Å². The third-order valence-electron chi connectivity index (χ3n) is 1.11. The van der Waals surface area contributed by atoms with Crippen LogP contribution in [0.4, 0.5) is 0 Å². The van der Waals surface area contributed by atoms with Crippen molar-refractivity contribution in [1.29, 1.82) is 5.26 Å². The number of nitrogens with zero attached hydrogens (tertiary/aromatic N) is 1. The Morgan fingerprint density at radius 2 is 1.82 bits per heavy atom. The summed E-state index contributed by atoms with van der Waals surface area (Å²) in [5.41, 5.74) is 0.802. The average Bonchev–Trinajstić information content (AvgIpc) is 2.04. The van der Waals surface area contributed by atoms with Crippen LogP contribution in [0.15, 0.2) is 24.3 Å². The Balaban J connectivity index is 2.93. The Bertz CT molecular complexity index is 335. The predicted molar refractivity (Wildman–Crippen MR) is 43.9 cm³/mol. The summed E-state index contributed by atoms with van der Waals surface area (Å²) in [5.74, 6) is 4.95. The zero-order valence-corrected chi connectivity index (χ0v) is 6.39. The van der Waals surface area contributed by atoms with Crippen molar-refractivity contribution in [2.45, 2.75) is 0 Å². The van der Waals surface area contributed by atoms with Gasteiger partial charge in [0.25, 0.3) is 0 Å². The van der Waals surface area contributed by atoms with E-state index < -0.39 is 0 Å². The quantitative estimate of drug-likeness (QED) is 0.536. The number of nitriles is 1. The summed E-state index contributed by atoms with van der Waals surface area (Å²) in [6, 6.07) is 8.76. The molecule has 0 saturated carbocycles. The number of hydrogen-bond acceptors (Lipinski definition) is 1. The van der Waals surface area contributed by atoms with Crippen LogP contribution in [0.3, 0.4) is 0 Å². The van der Waals surface area contributed by atoms with E-state index in [2.05, 4.69) is 11.8 Å². The summed E-state index contributed by atoms with van der Waals surface area (Å²) < 4.78 is 0. The van der Waals surface area contributed by atoms with Gasteiger partial charge in [0, 0.05) is 16.5 Å². The fraction of sp³-hybridized carbons (Fsp3) is 0. The lowest BCUT2D eigenvalue weighted by atomic mass is 10.2. The number of rotatable bonds is 0. The largest absolute Gasteiger partial charge is 0.183 e. The van der Waals surface area contributed by atoms with Gasteiger partial charge >= 0.3 is 0 Å². The first kappa shape index (κ1) is 7.66. The van der Waals surface area contributed by atoms with Gasteiger partial charge in [-0.15, -0.1) is 0 Å². The maximum absolute atomic E-state index is 8.13. The zero-order chi connectivity index (χ0) is 8.10. The molecule has 0 bridgehead atoms. The normalized spacial score (nSPS) is 7.64. The minimum atomic E-state index is 0.674. The van der Waals surface area contributed by atoms with E-state index in [4.69, 9.17) is 16.9 Å². The van der Waals surface area contributed by atoms with Crippen LogP contribution in [0.25, 0.3) is 0 Å². The minimum Gasteiger partial charge on any atom is -0.183 e. The summed E-state index contributed by atoms with van der Waals surface area (Å²) in [6.45, 7) is 0. The molecule has 0 heterocycles. The highest BCUT2D eigenvalue weighted by Gasteiger charge is 1.85. The highest BCUT2D eigenvalue weighted by molar-refractivity contribution is 6.30. The lowest BCUT2D eigenvalue weighted by molar-refractivity contribution is 1.55. The molecule has 0 fully saturated rings. The Morgan fingerprint density at radius 3 is 2.36 bits per heavy atom. The maximum Gasteiger partial charge on any atom is 0.152 e. The lowest BCUT2D eigenvalue weighted by Crippen LogP contribution is -1.70. The van der Waals surface area contributed by atoms with Crippen molar-refractivity contribution in [2.24, 2.45) is 0 Å². The molecule has 0 radical (unpaired) electrons. The molecule has 0 amide bonds. The molecule has 0 aliphatic carbocycles. The van der Waals surface area contributed by atoms with E-state index in [1.54, 1.807) is 30.3 Å². The molecule has 0 saturated heterocycles. The van der Waals surface area contributed by atoms with Gasteiger partial charge in [0.05, 0.1) is 0 Å². The Labute approximate surface area is 70.2 Å². The molecule has 11 heavy (non-hydrogen) atoms. The van der Waals surface area contributed by atoms with E-state index in [-0.39, 0.29) is 0 Å². The first-order valence-corrected chi connectivity index (χ1v) is 3.36. The molecule has 0 unspecified atom stereocenters. The summed E-state index contributed by atoms with van der Waals surface area (Å²) in [7, 11) is 0. The van der Waals surface area contributed by atoms with Crippen molar-refractivity contribution < 1.29 is 0 Å². The molecule has 2 heteroatoms. The second kappa shape index (κ2) is 3.66. The molecule has 1 aromatic rings. The van der Waals surface area contributed by atoms with Crippen molar-refractivity contribution in [1.82, 2.24) is 0 Å². The van der Waals surface area contributed by atoms with Gasteiger partial charge in [0.15, 0.2) is 6.07 Å². The van der Waals surface area contributed by atoms with Gasteiger partial charge in [-0.05, 0) is 24.3 Å². The third kappa shape index (κ3) is 2.34. The summed E-state index contributed by atoms with van der Waals surface area (Å²) in [6.07, 6.45) is 0. The molecule has 0 N–H and O–H groups in total. The topological polar surface area (TPSA) is 23.8 Å². The van der Waals surface area contributed by atoms with Crippen LogP contribution in [-0.2, 0) is 0 Å². The zero-order valence-electron chi connectivity index (χ0n) is 5.63. The van der Waals surface area contributed by atoms with Gasteiger partial charge in [-0.3, -0.25) is 0 Å². The van der Waals surface area contributed by atoms with E-state index in [1.165, 1.54) is 0 Å². The molecular formula is C9H4ClN. The van der Waals surface area contributed by atoms with Crippen LogP contribution >= 0.6 is 11.6 Å². The summed E-state index contributed by atoms with van der Waals surface area (Å²) >= 11 is 5.63. The van der Waals surface area contributed by atoms with Gasteiger partial charge in [0.2, 0.25) is 0 Å². The van der Waals surface area contributed by atoms with Gasteiger partial charge in [-0.2, -0.15) is 5.26 Å². The Hall–Kier alpha value is -1.44. The van der Waals surface area contributed by atoms with Crippen molar-refractivity contribution in [2.75, 3.05) is 0 Å². The fourth-order valence-electron chi connectivity index (χ4n) is 0.633. The first-order chi connectivity index (χ1) is 5.33. The van der Waals surface area contributed by atoms with E-state index in [0.717, 1.165) is 5.56 Å². The van der Waals surface area contributed by atoms with Crippen LogP contribution in [0.2, 0.25) is 5.02 Å². The molecule has 52 valence electrons. The molecule has 0 spiro atoms. The molecule has 0 aliphatic rings. The monoisotopic (exact) mass is 161 g/mol. The molecular weight excluding hydrogens is 158 g/mol. The van der Waals surface area contributed by atoms with Gasteiger partial charge in [-0.25, -0.2) is 0 Å². The third-order valence-corrected chi connectivity index (χ3v) is 1.36.